The van der Waals surface area contributed by atoms with E-state index in [-0.39, 0.29) is 0 Å². The number of hydrogen-bond donors (Lipinski definition) is 1. The fraction of sp³-hybridized carbons (Fsp3) is 0.133. The van der Waals surface area contributed by atoms with Crippen molar-refractivity contribution in [2.45, 2.75) is 6.54 Å². The Morgan fingerprint density at radius 3 is 2.65 bits per heavy atom. The SMILES string of the molecule is COc1ccc2c(c1)nc(N)n2Cc1ccc(Br)cc1. The van der Waals surface area contributed by atoms with Crippen molar-refractivity contribution in [1.29, 1.82) is 0 Å². The Hall–Kier alpha value is -2.01. The largest absolute Gasteiger partial charge is 0.497 e. The zero-order valence-corrected chi connectivity index (χ0v) is 12.6. The molecule has 1 heterocycles. The minimum absolute atomic E-state index is 0.510. The molecule has 0 spiro atoms. The van der Waals surface area contributed by atoms with Gasteiger partial charge in [0.05, 0.1) is 24.7 Å². The van der Waals surface area contributed by atoms with Gasteiger partial charge in [0.1, 0.15) is 5.75 Å². The van der Waals surface area contributed by atoms with Gasteiger partial charge in [-0.1, -0.05) is 28.1 Å². The van der Waals surface area contributed by atoms with Crippen LogP contribution in [0.2, 0.25) is 0 Å². The maximum atomic E-state index is 6.02. The van der Waals surface area contributed by atoms with Crippen LogP contribution in [-0.4, -0.2) is 16.7 Å². The van der Waals surface area contributed by atoms with Gasteiger partial charge in [-0.2, -0.15) is 0 Å². The van der Waals surface area contributed by atoms with E-state index in [4.69, 9.17) is 10.5 Å². The van der Waals surface area contributed by atoms with Crippen LogP contribution in [0.3, 0.4) is 0 Å². The number of nitrogens with two attached hydrogens (primary N) is 1. The second-order valence-electron chi connectivity index (χ2n) is 4.54. The Bertz CT molecular complexity index is 750. The topological polar surface area (TPSA) is 53.1 Å². The van der Waals surface area contributed by atoms with E-state index in [1.165, 1.54) is 5.56 Å². The fourth-order valence-electron chi connectivity index (χ4n) is 2.19. The minimum atomic E-state index is 0.510. The molecule has 0 fully saturated rings. The molecule has 0 saturated heterocycles. The number of rotatable bonds is 3. The number of anilines is 1. The molecule has 4 nitrogen and oxygen atoms in total. The van der Waals surface area contributed by atoms with Crippen molar-refractivity contribution in [3.63, 3.8) is 0 Å². The summed E-state index contributed by atoms with van der Waals surface area (Å²) in [5.41, 5.74) is 9.05. The van der Waals surface area contributed by atoms with E-state index in [1.807, 2.05) is 34.9 Å². The number of nitrogen functional groups attached to an aromatic ring is 1. The van der Waals surface area contributed by atoms with Gasteiger partial charge in [-0.3, -0.25) is 0 Å². The summed E-state index contributed by atoms with van der Waals surface area (Å²) >= 11 is 3.44. The molecule has 0 radical (unpaired) electrons. The normalized spacial score (nSPS) is 10.9. The predicted molar refractivity (Wildman–Crippen MR) is 83.9 cm³/mol. The maximum absolute atomic E-state index is 6.02. The zero-order valence-electron chi connectivity index (χ0n) is 11.0. The van der Waals surface area contributed by atoms with E-state index in [1.54, 1.807) is 7.11 Å². The van der Waals surface area contributed by atoms with Crippen LogP contribution in [0.5, 0.6) is 5.75 Å². The van der Waals surface area contributed by atoms with Crippen LogP contribution in [0.15, 0.2) is 46.9 Å². The first-order valence-corrected chi connectivity index (χ1v) is 7.01. The Kier molecular flexibility index (Phi) is 3.36. The molecular weight excluding hydrogens is 318 g/mol. The summed E-state index contributed by atoms with van der Waals surface area (Å²) in [4.78, 5) is 4.39. The van der Waals surface area contributed by atoms with Crippen LogP contribution in [-0.2, 0) is 6.54 Å². The van der Waals surface area contributed by atoms with Crippen molar-refractivity contribution in [2.75, 3.05) is 12.8 Å². The lowest BCUT2D eigenvalue weighted by molar-refractivity contribution is 0.415. The Morgan fingerprint density at radius 2 is 1.95 bits per heavy atom. The summed E-state index contributed by atoms with van der Waals surface area (Å²) in [6, 6.07) is 14.0. The molecule has 0 atom stereocenters. The standard InChI is InChI=1S/C15H14BrN3O/c1-20-12-6-7-14-13(8-12)18-15(17)19(14)9-10-2-4-11(16)5-3-10/h2-8H,9H2,1H3,(H2,17,18). The smallest absolute Gasteiger partial charge is 0.201 e. The van der Waals surface area contributed by atoms with Crippen LogP contribution in [0.4, 0.5) is 5.95 Å². The van der Waals surface area contributed by atoms with E-state index < -0.39 is 0 Å². The summed E-state index contributed by atoms with van der Waals surface area (Å²) in [6.45, 7) is 0.696. The number of halogens is 1. The monoisotopic (exact) mass is 331 g/mol. The summed E-state index contributed by atoms with van der Waals surface area (Å²) < 4.78 is 8.27. The number of aromatic nitrogens is 2. The third kappa shape index (κ3) is 2.36. The molecule has 0 amide bonds. The molecule has 0 aliphatic rings. The maximum Gasteiger partial charge on any atom is 0.201 e. The first-order valence-electron chi connectivity index (χ1n) is 6.21. The first-order chi connectivity index (χ1) is 9.67. The van der Waals surface area contributed by atoms with E-state index in [0.29, 0.717) is 12.5 Å². The second-order valence-corrected chi connectivity index (χ2v) is 5.45. The number of imidazole rings is 1. The lowest BCUT2D eigenvalue weighted by atomic mass is 10.2. The molecule has 0 aliphatic carbocycles. The van der Waals surface area contributed by atoms with Gasteiger partial charge in [0, 0.05) is 10.5 Å². The quantitative estimate of drug-likeness (QED) is 0.799. The number of fused-ring (bicyclic) bond motifs is 1. The lowest BCUT2D eigenvalue weighted by Gasteiger charge is -2.07. The second kappa shape index (κ2) is 5.17. The van der Waals surface area contributed by atoms with Gasteiger partial charge in [-0.25, -0.2) is 4.98 Å². The number of benzene rings is 2. The highest BCUT2D eigenvalue weighted by Gasteiger charge is 2.09. The number of nitrogens with zero attached hydrogens (tertiary/aromatic N) is 2. The summed E-state index contributed by atoms with van der Waals surface area (Å²) in [5, 5.41) is 0. The molecule has 3 aromatic rings. The van der Waals surface area contributed by atoms with Gasteiger partial charge < -0.3 is 15.0 Å². The number of ether oxygens (including phenoxy) is 1. The highest BCUT2D eigenvalue weighted by atomic mass is 79.9. The molecule has 2 N–H and O–H groups in total. The molecule has 0 aliphatic heterocycles. The highest BCUT2D eigenvalue weighted by Crippen LogP contribution is 2.24. The average Bonchev–Trinajstić information content (AvgIpc) is 2.76. The van der Waals surface area contributed by atoms with E-state index in [2.05, 4.69) is 33.0 Å². The molecule has 102 valence electrons. The molecule has 20 heavy (non-hydrogen) atoms. The number of hydrogen-bond acceptors (Lipinski definition) is 3. The highest BCUT2D eigenvalue weighted by molar-refractivity contribution is 9.10. The van der Waals surface area contributed by atoms with Gasteiger partial charge in [0.15, 0.2) is 0 Å². The third-order valence-corrected chi connectivity index (χ3v) is 3.77. The Labute approximate surface area is 125 Å². The summed E-state index contributed by atoms with van der Waals surface area (Å²) in [6.07, 6.45) is 0. The van der Waals surface area contributed by atoms with Crippen LogP contribution in [0, 0.1) is 0 Å². The van der Waals surface area contributed by atoms with Crippen LogP contribution >= 0.6 is 15.9 Å². The van der Waals surface area contributed by atoms with E-state index in [9.17, 15) is 0 Å². The van der Waals surface area contributed by atoms with Crippen molar-refractivity contribution < 1.29 is 4.74 Å². The van der Waals surface area contributed by atoms with Crippen molar-refractivity contribution >= 4 is 32.9 Å². The van der Waals surface area contributed by atoms with Crippen LogP contribution < -0.4 is 10.5 Å². The average molecular weight is 332 g/mol. The van der Waals surface area contributed by atoms with Gasteiger partial charge in [-0.15, -0.1) is 0 Å². The number of methoxy groups -OCH3 is 1. The van der Waals surface area contributed by atoms with E-state index in [0.717, 1.165) is 21.3 Å². The molecule has 5 heteroatoms. The molecule has 1 aromatic heterocycles. The van der Waals surface area contributed by atoms with Gasteiger partial charge in [0.2, 0.25) is 5.95 Å². The van der Waals surface area contributed by atoms with Crippen LogP contribution in [0.1, 0.15) is 5.56 Å². The molecule has 0 saturated carbocycles. The summed E-state index contributed by atoms with van der Waals surface area (Å²) in [5.74, 6) is 1.29. The minimum Gasteiger partial charge on any atom is -0.497 e. The molecule has 3 rings (SSSR count). The fourth-order valence-corrected chi connectivity index (χ4v) is 2.46. The van der Waals surface area contributed by atoms with Crippen molar-refractivity contribution in [2.24, 2.45) is 0 Å². The van der Waals surface area contributed by atoms with Crippen molar-refractivity contribution in [1.82, 2.24) is 9.55 Å². The van der Waals surface area contributed by atoms with Gasteiger partial charge in [0.25, 0.3) is 0 Å². The molecule has 0 bridgehead atoms. The molecule has 0 unspecified atom stereocenters. The van der Waals surface area contributed by atoms with Crippen LogP contribution in [0.25, 0.3) is 11.0 Å². The lowest BCUT2D eigenvalue weighted by Crippen LogP contribution is -2.04. The zero-order chi connectivity index (χ0) is 14.1. The first kappa shape index (κ1) is 13.0. The van der Waals surface area contributed by atoms with Gasteiger partial charge in [-0.05, 0) is 29.8 Å². The Morgan fingerprint density at radius 1 is 1.20 bits per heavy atom. The van der Waals surface area contributed by atoms with Gasteiger partial charge >= 0.3 is 0 Å². The molecule has 2 aromatic carbocycles. The predicted octanol–water partition coefficient (Wildman–Crippen LogP) is 3.44. The third-order valence-electron chi connectivity index (χ3n) is 3.24. The van der Waals surface area contributed by atoms with E-state index >= 15 is 0 Å². The summed E-state index contributed by atoms with van der Waals surface area (Å²) in [7, 11) is 1.64. The Balaban J connectivity index is 2.02. The molecular formula is C15H14BrN3O. The van der Waals surface area contributed by atoms with Crippen molar-refractivity contribution in [3.8, 4) is 5.75 Å². The van der Waals surface area contributed by atoms with Crippen molar-refractivity contribution in [3.05, 3.63) is 52.5 Å².